The van der Waals surface area contributed by atoms with E-state index in [-0.39, 0.29) is 30.0 Å². The number of fused-ring (bicyclic) bond motifs is 1. The Morgan fingerprint density at radius 3 is 2.87 bits per heavy atom. The van der Waals surface area contributed by atoms with Crippen molar-refractivity contribution in [1.29, 1.82) is 0 Å². The molecule has 1 aliphatic heterocycles. The van der Waals surface area contributed by atoms with E-state index in [2.05, 4.69) is 10.3 Å². The van der Waals surface area contributed by atoms with Crippen LogP contribution in [0.5, 0.6) is 0 Å². The molecule has 1 aliphatic rings. The van der Waals surface area contributed by atoms with E-state index in [4.69, 9.17) is 4.42 Å². The van der Waals surface area contributed by atoms with E-state index in [1.807, 2.05) is 20.8 Å². The Morgan fingerprint density at radius 2 is 2.13 bits per heavy atom. The summed E-state index contributed by atoms with van der Waals surface area (Å²) < 4.78 is 20.3. The van der Waals surface area contributed by atoms with Crippen molar-refractivity contribution in [3.63, 3.8) is 0 Å². The van der Waals surface area contributed by atoms with E-state index >= 15 is 0 Å². The van der Waals surface area contributed by atoms with Crippen molar-refractivity contribution in [1.82, 2.24) is 9.88 Å². The number of furan rings is 1. The maximum Gasteiger partial charge on any atom is 0.292 e. The van der Waals surface area contributed by atoms with Crippen LogP contribution < -0.4 is 5.32 Å². The molecule has 30 heavy (non-hydrogen) atoms. The highest BCUT2D eigenvalue weighted by Gasteiger charge is 2.32. The fourth-order valence-electron chi connectivity index (χ4n) is 3.66. The quantitative estimate of drug-likeness (QED) is 0.627. The minimum absolute atomic E-state index is 0.0944. The molecule has 7 heteroatoms. The van der Waals surface area contributed by atoms with E-state index in [9.17, 15) is 14.3 Å². The Bertz CT molecular complexity index is 1020. The van der Waals surface area contributed by atoms with Crippen LogP contribution in [0.1, 0.15) is 49.2 Å². The number of aromatic nitrogens is 1. The van der Waals surface area contributed by atoms with Crippen molar-refractivity contribution in [2.75, 3.05) is 18.5 Å². The maximum atomic E-state index is 14.4. The number of piperidine rings is 1. The average Bonchev–Trinajstić information content (AvgIpc) is 3.15. The van der Waals surface area contributed by atoms with Gasteiger partial charge in [0.1, 0.15) is 17.1 Å². The van der Waals surface area contributed by atoms with Crippen molar-refractivity contribution in [3.8, 4) is 0 Å². The maximum absolute atomic E-state index is 14.4. The molecule has 2 aromatic heterocycles. The highest BCUT2D eigenvalue weighted by atomic mass is 19.1. The van der Waals surface area contributed by atoms with Crippen LogP contribution >= 0.6 is 0 Å². The smallest absolute Gasteiger partial charge is 0.292 e. The number of carbonyl (C=O) groups is 1. The van der Waals surface area contributed by atoms with Gasteiger partial charge in [-0.05, 0) is 49.9 Å². The van der Waals surface area contributed by atoms with E-state index in [1.165, 1.54) is 6.07 Å². The monoisotopic (exact) mass is 413 g/mol. The molecule has 0 saturated carbocycles. The molecule has 3 aromatic rings. The first-order valence-electron chi connectivity index (χ1n) is 10.4. The number of anilines is 2. The van der Waals surface area contributed by atoms with Gasteiger partial charge in [0.05, 0.1) is 23.7 Å². The lowest BCUT2D eigenvalue weighted by atomic mass is 10.0. The molecule has 1 fully saturated rings. The lowest BCUT2D eigenvalue weighted by Crippen LogP contribution is -2.45. The van der Waals surface area contributed by atoms with Crippen molar-refractivity contribution in [2.45, 2.75) is 46.1 Å². The molecule has 0 bridgehead atoms. The van der Waals surface area contributed by atoms with Crippen LogP contribution in [0.3, 0.4) is 0 Å². The number of likely N-dealkylation sites (tertiary alicyclic amines) is 1. The molecule has 4 rings (SSSR count). The molecule has 1 amide bonds. The van der Waals surface area contributed by atoms with Crippen LogP contribution in [0.15, 0.2) is 41.1 Å². The zero-order valence-corrected chi connectivity index (χ0v) is 17.6. The molecule has 0 radical (unpaired) electrons. The third-order valence-electron chi connectivity index (χ3n) is 5.17. The van der Waals surface area contributed by atoms with Gasteiger partial charge in [-0.2, -0.15) is 0 Å². The summed E-state index contributed by atoms with van der Waals surface area (Å²) in [5.41, 5.74) is 1.93. The minimum atomic E-state index is -0.414. The van der Waals surface area contributed by atoms with Gasteiger partial charge >= 0.3 is 0 Å². The normalized spacial score (nSPS) is 16.2. The summed E-state index contributed by atoms with van der Waals surface area (Å²) in [5, 5.41) is 13.3. The number of halogens is 1. The van der Waals surface area contributed by atoms with Gasteiger partial charge in [0.2, 0.25) is 5.76 Å². The van der Waals surface area contributed by atoms with E-state index in [1.54, 1.807) is 35.5 Å². The van der Waals surface area contributed by atoms with Gasteiger partial charge in [-0.25, -0.2) is 4.39 Å². The number of aliphatic hydroxyl groups excluding tert-OH is 1. The van der Waals surface area contributed by atoms with Crippen LogP contribution in [-0.2, 0) is 0 Å². The molecule has 1 atom stereocenters. The lowest BCUT2D eigenvalue weighted by molar-refractivity contribution is 0.0476. The molecular weight excluding hydrogens is 385 g/mol. The zero-order valence-electron chi connectivity index (χ0n) is 17.6. The van der Waals surface area contributed by atoms with Gasteiger partial charge in [0.25, 0.3) is 5.91 Å². The van der Waals surface area contributed by atoms with Gasteiger partial charge < -0.3 is 19.7 Å². The second-order valence-corrected chi connectivity index (χ2v) is 7.12. The van der Waals surface area contributed by atoms with Gasteiger partial charge in [-0.15, -0.1) is 0 Å². The number of amides is 1. The fraction of sp³-hybridized carbons (Fsp3) is 0.391. The summed E-state index contributed by atoms with van der Waals surface area (Å²) in [6.07, 6.45) is 5.76. The van der Waals surface area contributed by atoms with Crippen LogP contribution in [-0.4, -0.2) is 40.1 Å². The number of aryl methyl sites for hydroxylation is 1. The lowest BCUT2D eigenvalue weighted by Gasteiger charge is -2.34. The predicted molar refractivity (Wildman–Crippen MR) is 116 cm³/mol. The van der Waals surface area contributed by atoms with Gasteiger partial charge in [-0.3, -0.25) is 9.78 Å². The second-order valence-electron chi connectivity index (χ2n) is 7.12. The van der Waals surface area contributed by atoms with Crippen LogP contribution in [0.2, 0.25) is 0 Å². The Balaban J connectivity index is 0.00000124. The van der Waals surface area contributed by atoms with Crippen molar-refractivity contribution in [3.05, 3.63) is 53.8 Å². The highest BCUT2D eigenvalue weighted by molar-refractivity contribution is 6.07. The highest BCUT2D eigenvalue weighted by Crippen LogP contribution is 2.35. The van der Waals surface area contributed by atoms with Crippen molar-refractivity contribution >= 4 is 28.3 Å². The molecule has 1 unspecified atom stereocenters. The molecule has 1 aromatic carbocycles. The van der Waals surface area contributed by atoms with Gasteiger partial charge in [-0.1, -0.05) is 19.9 Å². The molecular formula is C23H28FN3O3. The molecule has 1 saturated heterocycles. The third-order valence-corrected chi connectivity index (χ3v) is 5.17. The van der Waals surface area contributed by atoms with E-state index < -0.39 is 5.82 Å². The first-order chi connectivity index (χ1) is 14.6. The van der Waals surface area contributed by atoms with Crippen LogP contribution in [0, 0.1) is 12.7 Å². The van der Waals surface area contributed by atoms with Crippen LogP contribution in [0.25, 0.3) is 11.0 Å². The molecule has 0 spiro atoms. The van der Waals surface area contributed by atoms with Crippen molar-refractivity contribution in [2.24, 2.45) is 0 Å². The Labute approximate surface area is 175 Å². The Kier molecular flexibility index (Phi) is 7.05. The largest absolute Gasteiger partial charge is 0.448 e. The molecule has 6 nitrogen and oxygen atoms in total. The zero-order chi connectivity index (χ0) is 21.7. The molecule has 160 valence electrons. The summed E-state index contributed by atoms with van der Waals surface area (Å²) in [6, 6.07) is 6.28. The Morgan fingerprint density at radius 1 is 1.33 bits per heavy atom. The summed E-state index contributed by atoms with van der Waals surface area (Å²) in [7, 11) is 0. The first kappa shape index (κ1) is 21.8. The topological polar surface area (TPSA) is 78.6 Å². The molecule has 3 heterocycles. The molecule has 0 aliphatic carbocycles. The van der Waals surface area contributed by atoms with Crippen molar-refractivity contribution < 1.29 is 18.7 Å². The number of nitrogens with zero attached hydrogens (tertiary/aromatic N) is 2. The SMILES string of the molecule is CC.Cc1ccc(Nc2c(C(=O)N3CCCCC3CO)oc3ccncc23)c(F)c1. The molecule has 2 N–H and O–H groups in total. The van der Waals surface area contributed by atoms with Crippen LogP contribution in [0.4, 0.5) is 15.8 Å². The number of aliphatic hydroxyl groups is 1. The number of hydrogen-bond donors (Lipinski definition) is 2. The standard InChI is InChI=1S/C21H22FN3O3.C2H6/c1-13-5-6-17(16(22)10-13)24-19-15-11-23-8-7-18(15)28-20(19)21(27)25-9-3-2-4-14(25)12-26;1-2/h5-8,10-11,14,24,26H,2-4,9,12H2,1H3;1-2H3. The van der Waals surface area contributed by atoms with Gasteiger partial charge in [0, 0.05) is 18.9 Å². The number of rotatable bonds is 4. The van der Waals surface area contributed by atoms with E-state index in [0.717, 1.165) is 24.8 Å². The second kappa shape index (κ2) is 9.71. The summed E-state index contributed by atoms with van der Waals surface area (Å²) in [5.74, 6) is -0.629. The fourth-order valence-corrected chi connectivity index (χ4v) is 3.66. The predicted octanol–water partition coefficient (Wildman–Crippen LogP) is 5.03. The number of nitrogens with one attached hydrogen (secondary N) is 1. The number of hydrogen-bond acceptors (Lipinski definition) is 5. The number of carbonyl (C=O) groups excluding carboxylic acids is 1. The first-order valence-corrected chi connectivity index (χ1v) is 10.4. The van der Waals surface area contributed by atoms with E-state index in [0.29, 0.717) is 23.2 Å². The van der Waals surface area contributed by atoms with Gasteiger partial charge in [0.15, 0.2) is 0 Å². The Hall–Kier alpha value is -2.93. The summed E-state index contributed by atoms with van der Waals surface area (Å²) >= 11 is 0. The third kappa shape index (κ3) is 4.31. The minimum Gasteiger partial charge on any atom is -0.448 e. The number of pyridine rings is 1. The summed E-state index contributed by atoms with van der Waals surface area (Å²) in [4.78, 5) is 19.0. The average molecular weight is 413 g/mol. The summed E-state index contributed by atoms with van der Waals surface area (Å²) in [6.45, 7) is 6.27. The number of benzene rings is 1.